The molecule has 3 N–H and O–H groups in total. The molecule has 0 saturated heterocycles. The molecule has 0 amide bonds. The van der Waals surface area contributed by atoms with E-state index in [0.29, 0.717) is 19.4 Å². The van der Waals surface area contributed by atoms with Crippen LogP contribution in [0.5, 0.6) is 0 Å². The number of aliphatic hydroxyl groups excluding tert-OH is 3. The van der Waals surface area contributed by atoms with Crippen LogP contribution in [0.3, 0.4) is 0 Å². The third kappa shape index (κ3) is 19.0. The van der Waals surface area contributed by atoms with Crippen LogP contribution in [0.1, 0.15) is 39.5 Å². The van der Waals surface area contributed by atoms with Crippen LogP contribution in [0.15, 0.2) is 0 Å². The van der Waals surface area contributed by atoms with E-state index in [1.54, 1.807) is 0 Å². The van der Waals surface area contributed by atoms with Crippen LogP contribution < -0.4 is 0 Å². The van der Waals surface area contributed by atoms with Gasteiger partial charge in [-0.1, -0.05) is 13.3 Å². The summed E-state index contributed by atoms with van der Waals surface area (Å²) in [7, 11) is 0. The Kier molecular flexibility index (Phi) is 15.9. The molecule has 1 unspecified atom stereocenters. The molecule has 1 atom stereocenters. The van der Waals surface area contributed by atoms with Gasteiger partial charge in [-0.25, -0.2) is 0 Å². The monoisotopic (exact) mass is 236 g/mol. The molecule has 0 saturated carbocycles. The molecule has 0 fully saturated rings. The van der Waals surface area contributed by atoms with Crippen LogP contribution in [0.4, 0.5) is 0 Å². The fraction of sp³-hybridized carbons (Fsp3) is 0.909. The third-order valence-electron chi connectivity index (χ3n) is 1.56. The molecule has 0 aliphatic carbocycles. The topological polar surface area (TPSA) is 87.0 Å². The van der Waals surface area contributed by atoms with Gasteiger partial charge in [0.2, 0.25) is 0 Å². The Morgan fingerprint density at radius 3 is 2.25 bits per heavy atom. The smallest absolute Gasteiger partial charge is 0.305 e. The minimum absolute atomic E-state index is 0.0584. The van der Waals surface area contributed by atoms with Gasteiger partial charge in [-0.15, -0.1) is 0 Å². The van der Waals surface area contributed by atoms with Crippen molar-refractivity contribution in [2.75, 3.05) is 19.8 Å². The molecule has 0 radical (unpaired) electrons. The average Bonchev–Trinajstić information content (AvgIpc) is 2.27. The lowest BCUT2D eigenvalue weighted by Crippen LogP contribution is -2.06. The number of ether oxygens (including phenoxy) is 1. The number of hydrogen-bond donors (Lipinski definition) is 3. The maximum absolute atomic E-state index is 10.7. The van der Waals surface area contributed by atoms with Crippen LogP contribution in [-0.4, -0.2) is 47.2 Å². The molecule has 0 aromatic heterocycles. The molecular formula is C11H24O5. The van der Waals surface area contributed by atoms with Gasteiger partial charge in [-0.05, 0) is 19.8 Å². The van der Waals surface area contributed by atoms with Crippen molar-refractivity contribution >= 4 is 5.97 Å². The predicted molar refractivity (Wildman–Crippen MR) is 61.0 cm³/mol. The average molecular weight is 236 g/mol. The summed E-state index contributed by atoms with van der Waals surface area (Å²) in [6.07, 6.45) is 2.23. The van der Waals surface area contributed by atoms with Gasteiger partial charge in [0.25, 0.3) is 0 Å². The van der Waals surface area contributed by atoms with E-state index < -0.39 is 6.10 Å². The zero-order valence-corrected chi connectivity index (χ0v) is 10.2. The molecule has 0 spiro atoms. The van der Waals surface area contributed by atoms with Crippen molar-refractivity contribution in [1.29, 1.82) is 0 Å². The highest BCUT2D eigenvalue weighted by atomic mass is 16.5. The SMILES string of the molecule is CC(O)CO.CCCCOC(=O)CCCO. The maximum Gasteiger partial charge on any atom is 0.305 e. The van der Waals surface area contributed by atoms with Crippen LogP contribution >= 0.6 is 0 Å². The molecule has 0 aromatic carbocycles. The molecule has 0 aliphatic rings. The normalized spacial score (nSPS) is 11.3. The van der Waals surface area contributed by atoms with Crippen molar-refractivity contribution in [3.8, 4) is 0 Å². The summed E-state index contributed by atoms with van der Waals surface area (Å²) >= 11 is 0. The first-order valence-electron chi connectivity index (χ1n) is 5.63. The Morgan fingerprint density at radius 1 is 1.31 bits per heavy atom. The van der Waals surface area contributed by atoms with Gasteiger partial charge in [0.05, 0.1) is 19.3 Å². The molecule has 98 valence electrons. The standard InChI is InChI=1S/C8H16O3.C3H8O2/c1-2-3-7-11-8(10)5-4-6-9;1-3(5)2-4/h9H,2-7H2,1H3;3-5H,2H2,1H3. The summed E-state index contributed by atoms with van der Waals surface area (Å²) in [4.78, 5) is 10.7. The minimum Gasteiger partial charge on any atom is -0.466 e. The van der Waals surface area contributed by atoms with Gasteiger partial charge in [0.1, 0.15) is 0 Å². The second-order valence-electron chi connectivity index (χ2n) is 3.43. The van der Waals surface area contributed by atoms with Crippen LogP contribution in [-0.2, 0) is 9.53 Å². The second kappa shape index (κ2) is 14.3. The molecule has 16 heavy (non-hydrogen) atoms. The van der Waals surface area contributed by atoms with Crippen molar-refractivity contribution in [1.82, 2.24) is 0 Å². The highest BCUT2D eigenvalue weighted by molar-refractivity contribution is 5.69. The number of rotatable bonds is 7. The third-order valence-corrected chi connectivity index (χ3v) is 1.56. The highest BCUT2D eigenvalue weighted by Crippen LogP contribution is 1.94. The fourth-order valence-corrected chi connectivity index (χ4v) is 0.626. The second-order valence-corrected chi connectivity index (χ2v) is 3.43. The molecule has 5 nitrogen and oxygen atoms in total. The molecule has 0 aromatic rings. The summed E-state index contributed by atoms with van der Waals surface area (Å²) in [5, 5.41) is 24.4. The Hall–Kier alpha value is -0.650. The van der Waals surface area contributed by atoms with Gasteiger partial charge in [0, 0.05) is 13.0 Å². The fourth-order valence-electron chi connectivity index (χ4n) is 0.626. The van der Waals surface area contributed by atoms with E-state index in [0.717, 1.165) is 12.8 Å². The van der Waals surface area contributed by atoms with Crippen molar-refractivity contribution < 1.29 is 24.9 Å². The zero-order chi connectivity index (χ0) is 12.8. The molecular weight excluding hydrogens is 212 g/mol. The van der Waals surface area contributed by atoms with E-state index >= 15 is 0 Å². The van der Waals surface area contributed by atoms with Crippen molar-refractivity contribution in [2.24, 2.45) is 0 Å². The highest BCUT2D eigenvalue weighted by Gasteiger charge is 1.99. The largest absolute Gasteiger partial charge is 0.466 e. The van der Waals surface area contributed by atoms with Crippen LogP contribution in [0.25, 0.3) is 0 Å². The number of unbranched alkanes of at least 4 members (excludes halogenated alkanes) is 1. The number of carbonyl (C=O) groups excluding carboxylic acids is 1. The van der Waals surface area contributed by atoms with Gasteiger partial charge < -0.3 is 20.1 Å². The molecule has 0 aliphatic heterocycles. The van der Waals surface area contributed by atoms with E-state index in [1.165, 1.54) is 6.92 Å². The summed E-state index contributed by atoms with van der Waals surface area (Å²) in [5.41, 5.74) is 0. The number of hydrogen-bond acceptors (Lipinski definition) is 5. The Labute approximate surface area is 97.1 Å². The lowest BCUT2D eigenvalue weighted by atomic mass is 10.3. The van der Waals surface area contributed by atoms with E-state index in [9.17, 15) is 4.79 Å². The van der Waals surface area contributed by atoms with E-state index in [-0.39, 0.29) is 19.2 Å². The maximum atomic E-state index is 10.7. The predicted octanol–water partition coefficient (Wildman–Crippen LogP) is 0.462. The van der Waals surface area contributed by atoms with Crippen LogP contribution in [0, 0.1) is 0 Å². The summed E-state index contributed by atoms with van der Waals surface area (Å²) < 4.78 is 4.83. The Morgan fingerprint density at radius 2 is 1.88 bits per heavy atom. The van der Waals surface area contributed by atoms with Crippen LogP contribution in [0.2, 0.25) is 0 Å². The molecule has 5 heteroatoms. The van der Waals surface area contributed by atoms with Gasteiger partial charge in [-0.3, -0.25) is 4.79 Å². The lowest BCUT2D eigenvalue weighted by molar-refractivity contribution is -0.144. The number of esters is 1. The summed E-state index contributed by atoms with van der Waals surface area (Å²) in [6.45, 7) is 4.01. The first kappa shape index (κ1) is 17.7. The van der Waals surface area contributed by atoms with Crippen molar-refractivity contribution in [3.63, 3.8) is 0 Å². The van der Waals surface area contributed by atoms with Gasteiger partial charge >= 0.3 is 5.97 Å². The van der Waals surface area contributed by atoms with E-state index in [1.807, 2.05) is 6.92 Å². The Bertz CT molecular complexity index is 147. The summed E-state index contributed by atoms with van der Waals surface area (Å²) in [5.74, 6) is -0.201. The minimum atomic E-state index is -0.560. The Balaban J connectivity index is 0. The summed E-state index contributed by atoms with van der Waals surface area (Å²) in [6, 6.07) is 0. The van der Waals surface area contributed by atoms with Gasteiger partial charge in [0.15, 0.2) is 0 Å². The first-order chi connectivity index (χ1) is 7.58. The van der Waals surface area contributed by atoms with E-state index in [4.69, 9.17) is 20.1 Å². The first-order valence-corrected chi connectivity index (χ1v) is 5.63. The number of aliphatic hydroxyl groups is 3. The molecule has 0 heterocycles. The number of carbonyl (C=O) groups is 1. The van der Waals surface area contributed by atoms with Crippen molar-refractivity contribution in [2.45, 2.75) is 45.6 Å². The lowest BCUT2D eigenvalue weighted by Gasteiger charge is -2.01. The van der Waals surface area contributed by atoms with Gasteiger partial charge in [-0.2, -0.15) is 0 Å². The molecule has 0 bridgehead atoms. The molecule has 0 rings (SSSR count). The van der Waals surface area contributed by atoms with E-state index in [2.05, 4.69) is 0 Å². The van der Waals surface area contributed by atoms with Crippen molar-refractivity contribution in [3.05, 3.63) is 0 Å². The quantitative estimate of drug-likeness (QED) is 0.441. The zero-order valence-electron chi connectivity index (χ0n) is 10.2.